The van der Waals surface area contributed by atoms with Gasteiger partial charge in [-0.15, -0.1) is 6.58 Å². The SMILES string of the molecule is C=CCOCCCC(O)CS(=O)(=O)[O-].[Na+]. The molecule has 0 heterocycles. The zero-order chi connectivity index (χ0) is 11.0. The second-order valence-corrected chi connectivity index (χ2v) is 4.33. The van der Waals surface area contributed by atoms with E-state index in [0.717, 1.165) is 0 Å². The van der Waals surface area contributed by atoms with Gasteiger partial charge in [0.15, 0.2) is 0 Å². The Kier molecular flexibility index (Phi) is 11.7. The van der Waals surface area contributed by atoms with Gasteiger partial charge in [0.05, 0.1) is 28.6 Å². The quantitative estimate of drug-likeness (QED) is 0.212. The normalized spacial score (nSPS) is 12.9. The molecular weight excluding hydrogens is 231 g/mol. The maximum atomic E-state index is 10.2. The Labute approximate surface area is 113 Å². The Bertz CT molecular complexity index is 252. The van der Waals surface area contributed by atoms with Gasteiger partial charge in [-0.1, -0.05) is 6.08 Å². The van der Waals surface area contributed by atoms with Crippen molar-refractivity contribution in [1.82, 2.24) is 0 Å². The minimum absolute atomic E-state index is 0. The molecule has 0 aliphatic rings. The van der Waals surface area contributed by atoms with E-state index in [1.165, 1.54) is 0 Å². The Morgan fingerprint density at radius 2 is 2.13 bits per heavy atom. The molecule has 0 amide bonds. The van der Waals surface area contributed by atoms with Crippen LogP contribution >= 0.6 is 0 Å². The van der Waals surface area contributed by atoms with Gasteiger partial charge < -0.3 is 14.4 Å². The predicted molar refractivity (Wildman–Crippen MR) is 50.8 cm³/mol. The molecule has 0 aromatic rings. The Balaban J connectivity index is 0. The van der Waals surface area contributed by atoms with Crippen LogP contribution in [-0.2, 0) is 14.9 Å². The topological polar surface area (TPSA) is 86.7 Å². The van der Waals surface area contributed by atoms with Crippen molar-refractivity contribution in [3.63, 3.8) is 0 Å². The molecule has 1 atom stereocenters. The van der Waals surface area contributed by atoms with Gasteiger partial charge in [0.25, 0.3) is 0 Å². The van der Waals surface area contributed by atoms with Crippen LogP contribution in [0.5, 0.6) is 0 Å². The van der Waals surface area contributed by atoms with Gasteiger partial charge in [-0.25, -0.2) is 8.42 Å². The van der Waals surface area contributed by atoms with E-state index in [1.807, 2.05) is 0 Å². The van der Waals surface area contributed by atoms with Gasteiger partial charge >= 0.3 is 29.6 Å². The fourth-order valence-corrected chi connectivity index (χ4v) is 1.54. The number of ether oxygens (including phenoxy) is 1. The molecule has 0 rings (SSSR count). The molecule has 0 aromatic heterocycles. The van der Waals surface area contributed by atoms with Gasteiger partial charge in [-0.2, -0.15) is 0 Å². The predicted octanol–water partition coefficient (Wildman–Crippen LogP) is -3.12. The molecule has 5 nitrogen and oxygen atoms in total. The van der Waals surface area contributed by atoms with Crippen molar-refractivity contribution in [2.75, 3.05) is 19.0 Å². The summed E-state index contributed by atoms with van der Waals surface area (Å²) in [6, 6.07) is 0. The molecule has 84 valence electrons. The van der Waals surface area contributed by atoms with Crippen molar-refractivity contribution in [3.05, 3.63) is 12.7 Å². The van der Waals surface area contributed by atoms with Crippen LogP contribution in [0.25, 0.3) is 0 Å². The van der Waals surface area contributed by atoms with Crippen LogP contribution in [0.15, 0.2) is 12.7 Å². The minimum Gasteiger partial charge on any atom is -0.748 e. The van der Waals surface area contributed by atoms with Gasteiger partial charge in [0.1, 0.15) is 0 Å². The number of aliphatic hydroxyl groups excluding tert-OH is 1. The summed E-state index contributed by atoms with van der Waals surface area (Å²) in [5.74, 6) is -0.728. The zero-order valence-corrected chi connectivity index (χ0v) is 11.7. The fraction of sp³-hybridized carbons (Fsp3) is 0.750. The van der Waals surface area contributed by atoms with Crippen LogP contribution in [0.4, 0.5) is 0 Å². The first kappa shape index (κ1) is 17.9. The van der Waals surface area contributed by atoms with E-state index < -0.39 is 22.0 Å². The summed E-state index contributed by atoms with van der Waals surface area (Å²) in [6.45, 7) is 4.29. The number of rotatable bonds is 8. The molecule has 0 fully saturated rings. The van der Waals surface area contributed by atoms with Crippen LogP contribution < -0.4 is 29.6 Å². The molecule has 0 spiro atoms. The molecule has 0 aliphatic heterocycles. The first-order valence-electron chi connectivity index (χ1n) is 4.26. The van der Waals surface area contributed by atoms with Crippen molar-refractivity contribution in [2.24, 2.45) is 0 Å². The smallest absolute Gasteiger partial charge is 0.748 e. The van der Waals surface area contributed by atoms with Gasteiger partial charge in [-0.05, 0) is 12.8 Å². The Morgan fingerprint density at radius 3 is 2.60 bits per heavy atom. The van der Waals surface area contributed by atoms with Gasteiger partial charge in [-0.3, -0.25) is 0 Å². The average molecular weight is 246 g/mol. The summed E-state index contributed by atoms with van der Waals surface area (Å²) >= 11 is 0. The summed E-state index contributed by atoms with van der Waals surface area (Å²) in [5.41, 5.74) is 0. The van der Waals surface area contributed by atoms with Crippen LogP contribution in [0.1, 0.15) is 12.8 Å². The third kappa shape index (κ3) is 14.6. The van der Waals surface area contributed by atoms with Gasteiger partial charge in [0, 0.05) is 6.61 Å². The van der Waals surface area contributed by atoms with E-state index in [-0.39, 0.29) is 36.0 Å². The molecule has 15 heavy (non-hydrogen) atoms. The first-order chi connectivity index (χ1) is 6.45. The van der Waals surface area contributed by atoms with Crippen LogP contribution in [0.3, 0.4) is 0 Å². The standard InChI is InChI=1S/C8H16O5S.Na/c1-2-5-13-6-3-4-8(9)7-14(10,11)12;/h2,8-9H,1,3-7H2,(H,10,11,12);/q;+1/p-1. The van der Waals surface area contributed by atoms with Crippen molar-refractivity contribution in [2.45, 2.75) is 18.9 Å². The molecule has 0 aliphatic carbocycles. The monoisotopic (exact) mass is 246 g/mol. The average Bonchev–Trinajstić information content (AvgIpc) is 2.00. The molecule has 0 aromatic carbocycles. The molecule has 0 radical (unpaired) electrons. The van der Waals surface area contributed by atoms with Crippen molar-refractivity contribution < 1.29 is 52.4 Å². The summed E-state index contributed by atoms with van der Waals surface area (Å²) in [5, 5.41) is 9.09. The molecular formula is C8H15NaO5S. The third-order valence-electron chi connectivity index (χ3n) is 1.46. The van der Waals surface area contributed by atoms with Crippen molar-refractivity contribution in [1.29, 1.82) is 0 Å². The number of hydrogen-bond donors (Lipinski definition) is 1. The largest absolute Gasteiger partial charge is 1.00 e. The van der Waals surface area contributed by atoms with Crippen molar-refractivity contribution >= 4 is 10.1 Å². The maximum Gasteiger partial charge on any atom is 1.00 e. The first-order valence-corrected chi connectivity index (χ1v) is 5.83. The van der Waals surface area contributed by atoms with Crippen molar-refractivity contribution in [3.8, 4) is 0 Å². The molecule has 0 bridgehead atoms. The fourth-order valence-electron chi connectivity index (χ4n) is 0.907. The Hall–Kier alpha value is 0.570. The van der Waals surface area contributed by atoms with Gasteiger partial charge in [0.2, 0.25) is 0 Å². The minimum atomic E-state index is -4.33. The summed E-state index contributed by atoms with van der Waals surface area (Å²) in [6.07, 6.45) is 1.27. The number of aliphatic hydroxyl groups is 1. The summed E-state index contributed by atoms with van der Waals surface area (Å²) in [7, 11) is -4.33. The summed E-state index contributed by atoms with van der Waals surface area (Å²) < 4.78 is 35.7. The van der Waals surface area contributed by atoms with Crippen LogP contribution in [0, 0.1) is 0 Å². The van der Waals surface area contributed by atoms with E-state index >= 15 is 0 Å². The number of hydrogen-bond acceptors (Lipinski definition) is 5. The van der Waals surface area contributed by atoms with E-state index in [4.69, 9.17) is 9.84 Å². The van der Waals surface area contributed by atoms with Crippen LogP contribution in [-0.4, -0.2) is 43.1 Å². The Morgan fingerprint density at radius 1 is 1.53 bits per heavy atom. The second kappa shape index (κ2) is 9.77. The maximum absolute atomic E-state index is 10.2. The summed E-state index contributed by atoms with van der Waals surface area (Å²) in [4.78, 5) is 0. The van der Waals surface area contributed by atoms with Crippen LogP contribution in [0.2, 0.25) is 0 Å². The van der Waals surface area contributed by atoms with E-state index in [1.54, 1.807) is 6.08 Å². The van der Waals surface area contributed by atoms with E-state index in [0.29, 0.717) is 19.6 Å². The molecule has 7 heteroatoms. The third-order valence-corrected chi connectivity index (χ3v) is 2.25. The second-order valence-electron chi connectivity index (χ2n) is 2.88. The molecule has 0 saturated carbocycles. The zero-order valence-electron chi connectivity index (χ0n) is 8.89. The molecule has 1 unspecified atom stereocenters. The van der Waals surface area contributed by atoms with E-state index in [2.05, 4.69) is 6.58 Å². The molecule has 1 N–H and O–H groups in total. The van der Waals surface area contributed by atoms with E-state index in [9.17, 15) is 13.0 Å². The molecule has 0 saturated heterocycles.